The van der Waals surface area contributed by atoms with E-state index in [9.17, 15) is 0 Å². The van der Waals surface area contributed by atoms with E-state index in [1.165, 1.54) is 0 Å². The Balaban J connectivity index is 2.91. The van der Waals surface area contributed by atoms with Gasteiger partial charge in [-0.15, -0.1) is 0 Å². The van der Waals surface area contributed by atoms with Crippen LogP contribution in [-0.4, -0.2) is 23.1 Å². The van der Waals surface area contributed by atoms with Crippen LogP contribution in [-0.2, 0) is 0 Å². The summed E-state index contributed by atoms with van der Waals surface area (Å²) in [5.41, 5.74) is 0. The highest BCUT2D eigenvalue weighted by Gasteiger charge is 2.11. The van der Waals surface area contributed by atoms with Gasteiger partial charge in [-0.1, -0.05) is 0 Å². The van der Waals surface area contributed by atoms with Crippen LogP contribution in [0.2, 0.25) is 0 Å². The predicted molar refractivity (Wildman–Crippen MR) is 67.1 cm³/mol. The normalized spacial score (nSPS) is 11.9. The third-order valence-electron chi connectivity index (χ3n) is 2.21. The molecule has 1 atom stereocenters. The van der Waals surface area contributed by atoms with Crippen LogP contribution in [0.3, 0.4) is 0 Å². The molecule has 0 amide bonds. The molecule has 0 aliphatic carbocycles. The minimum atomic E-state index is -0.00556. The number of aromatic nitrogens is 2. The molecule has 0 aromatic carbocycles. The maximum Gasteiger partial charge on any atom is 0.133 e. The van der Waals surface area contributed by atoms with Gasteiger partial charge in [0.15, 0.2) is 0 Å². The van der Waals surface area contributed by atoms with E-state index >= 15 is 0 Å². The number of nitriles is 1. The predicted octanol–water partition coefficient (Wildman–Crippen LogP) is 2.53. The van der Waals surface area contributed by atoms with Gasteiger partial charge < -0.3 is 4.90 Å². The summed E-state index contributed by atoms with van der Waals surface area (Å²) in [6, 6.07) is 4.11. The lowest BCUT2D eigenvalue weighted by Gasteiger charge is -2.23. The molecule has 86 valence electrons. The van der Waals surface area contributed by atoms with Crippen LogP contribution in [0.25, 0.3) is 0 Å². The summed E-state index contributed by atoms with van der Waals surface area (Å²) in [5, 5.41) is 8.82. The Bertz CT molecular complexity index is 379. The Morgan fingerprint density at radius 1 is 1.56 bits per heavy atom. The van der Waals surface area contributed by atoms with Crippen molar-refractivity contribution in [1.29, 1.82) is 5.26 Å². The van der Waals surface area contributed by atoms with Gasteiger partial charge in [-0.25, -0.2) is 9.97 Å². The summed E-state index contributed by atoms with van der Waals surface area (Å²) in [4.78, 5) is 10.6. The Labute approximate surface area is 104 Å². The van der Waals surface area contributed by atoms with E-state index in [0.717, 1.165) is 22.8 Å². The summed E-state index contributed by atoms with van der Waals surface area (Å²) < 4.78 is 0.776. The quantitative estimate of drug-likeness (QED) is 0.797. The fourth-order valence-corrected chi connectivity index (χ4v) is 1.90. The van der Waals surface area contributed by atoms with Crippen molar-refractivity contribution < 1.29 is 0 Å². The zero-order chi connectivity index (χ0) is 12.1. The van der Waals surface area contributed by atoms with Crippen LogP contribution in [0.1, 0.15) is 19.7 Å². The summed E-state index contributed by atoms with van der Waals surface area (Å²) in [6.07, 6.45) is 0. The highest BCUT2D eigenvalue weighted by atomic mass is 79.9. The second kappa shape index (κ2) is 5.80. The molecule has 0 spiro atoms. The second-order valence-electron chi connectivity index (χ2n) is 3.66. The minimum absolute atomic E-state index is 0.00556. The number of nitrogens with zero attached hydrogens (tertiary/aromatic N) is 4. The fraction of sp³-hybridized carbons (Fsp3) is 0.545. The molecule has 4 nitrogen and oxygen atoms in total. The number of rotatable bonds is 4. The van der Waals surface area contributed by atoms with Crippen molar-refractivity contribution in [2.75, 3.05) is 18.0 Å². The molecule has 0 fully saturated rings. The van der Waals surface area contributed by atoms with Gasteiger partial charge in [0.1, 0.15) is 16.2 Å². The molecule has 1 aromatic heterocycles. The highest BCUT2D eigenvalue weighted by Crippen LogP contribution is 2.17. The monoisotopic (exact) mass is 282 g/mol. The average Bonchev–Trinajstić information content (AvgIpc) is 2.24. The maximum absolute atomic E-state index is 8.82. The van der Waals surface area contributed by atoms with E-state index in [-0.39, 0.29) is 5.92 Å². The fourth-order valence-electron chi connectivity index (χ4n) is 1.43. The van der Waals surface area contributed by atoms with Gasteiger partial charge in [-0.3, -0.25) is 0 Å². The van der Waals surface area contributed by atoms with E-state index in [4.69, 9.17) is 5.26 Å². The van der Waals surface area contributed by atoms with Crippen LogP contribution >= 0.6 is 15.9 Å². The highest BCUT2D eigenvalue weighted by molar-refractivity contribution is 9.10. The van der Waals surface area contributed by atoms with Crippen LogP contribution in [0, 0.1) is 24.2 Å². The number of aryl methyl sites for hydroxylation is 1. The lowest BCUT2D eigenvalue weighted by atomic mass is 10.2. The van der Waals surface area contributed by atoms with E-state index in [1.54, 1.807) is 0 Å². The van der Waals surface area contributed by atoms with Gasteiger partial charge >= 0.3 is 0 Å². The topological polar surface area (TPSA) is 52.8 Å². The maximum atomic E-state index is 8.82. The molecule has 0 N–H and O–H groups in total. The largest absolute Gasteiger partial charge is 0.355 e. The van der Waals surface area contributed by atoms with E-state index in [2.05, 4.69) is 43.8 Å². The van der Waals surface area contributed by atoms with Crippen molar-refractivity contribution in [1.82, 2.24) is 9.97 Å². The molecule has 0 saturated carbocycles. The molecular formula is C11H15BrN4. The molecule has 1 aromatic rings. The standard InChI is InChI=1S/C11H15BrN4/c1-4-16(7-8(2)6-13)11-5-10(12)14-9(3)15-11/h5,8H,4,7H2,1-3H3. The average molecular weight is 283 g/mol. The Morgan fingerprint density at radius 3 is 2.75 bits per heavy atom. The second-order valence-corrected chi connectivity index (χ2v) is 4.48. The van der Waals surface area contributed by atoms with Crippen molar-refractivity contribution >= 4 is 21.7 Å². The number of halogens is 1. The molecule has 0 radical (unpaired) electrons. The molecule has 0 aliphatic rings. The first-order valence-electron chi connectivity index (χ1n) is 5.22. The summed E-state index contributed by atoms with van der Waals surface area (Å²) in [7, 11) is 0. The number of anilines is 1. The summed E-state index contributed by atoms with van der Waals surface area (Å²) in [5.74, 6) is 1.59. The Kier molecular flexibility index (Phi) is 4.69. The molecule has 0 bridgehead atoms. The smallest absolute Gasteiger partial charge is 0.133 e. The van der Waals surface area contributed by atoms with Crippen LogP contribution in [0.15, 0.2) is 10.7 Å². The van der Waals surface area contributed by atoms with Gasteiger partial charge in [0.2, 0.25) is 0 Å². The third kappa shape index (κ3) is 3.46. The zero-order valence-corrected chi connectivity index (χ0v) is 11.3. The first-order valence-corrected chi connectivity index (χ1v) is 6.01. The van der Waals surface area contributed by atoms with Gasteiger partial charge in [0.25, 0.3) is 0 Å². The van der Waals surface area contributed by atoms with Gasteiger partial charge in [-0.05, 0) is 36.7 Å². The molecule has 5 heteroatoms. The number of hydrogen-bond acceptors (Lipinski definition) is 4. The molecule has 1 rings (SSSR count). The van der Waals surface area contributed by atoms with Gasteiger partial charge in [-0.2, -0.15) is 5.26 Å². The van der Waals surface area contributed by atoms with Crippen LogP contribution < -0.4 is 4.90 Å². The minimum Gasteiger partial charge on any atom is -0.355 e. The van der Waals surface area contributed by atoms with Crippen LogP contribution in [0.5, 0.6) is 0 Å². The van der Waals surface area contributed by atoms with E-state index < -0.39 is 0 Å². The summed E-state index contributed by atoms with van der Waals surface area (Å²) >= 11 is 3.35. The SMILES string of the molecule is CCN(CC(C)C#N)c1cc(Br)nc(C)n1. The van der Waals surface area contributed by atoms with Crippen LogP contribution in [0.4, 0.5) is 5.82 Å². The Morgan fingerprint density at radius 2 is 2.25 bits per heavy atom. The van der Waals surface area contributed by atoms with Gasteiger partial charge in [0, 0.05) is 19.2 Å². The lowest BCUT2D eigenvalue weighted by molar-refractivity contribution is 0.677. The molecule has 16 heavy (non-hydrogen) atoms. The van der Waals surface area contributed by atoms with E-state index in [1.807, 2.05) is 19.9 Å². The Hall–Kier alpha value is -1.15. The van der Waals surface area contributed by atoms with Crippen molar-refractivity contribution in [2.24, 2.45) is 5.92 Å². The number of hydrogen-bond donors (Lipinski definition) is 0. The van der Waals surface area contributed by atoms with Crippen molar-refractivity contribution in [3.63, 3.8) is 0 Å². The van der Waals surface area contributed by atoms with Crippen molar-refractivity contribution in [3.8, 4) is 6.07 Å². The molecule has 0 aliphatic heterocycles. The van der Waals surface area contributed by atoms with E-state index in [0.29, 0.717) is 6.54 Å². The summed E-state index contributed by atoms with van der Waals surface area (Å²) in [6.45, 7) is 7.34. The lowest BCUT2D eigenvalue weighted by Crippen LogP contribution is -2.28. The van der Waals surface area contributed by atoms with Gasteiger partial charge in [0.05, 0.1) is 12.0 Å². The first kappa shape index (κ1) is 12.9. The molecule has 1 unspecified atom stereocenters. The van der Waals surface area contributed by atoms with Crippen molar-refractivity contribution in [2.45, 2.75) is 20.8 Å². The zero-order valence-electron chi connectivity index (χ0n) is 9.74. The van der Waals surface area contributed by atoms with Crippen molar-refractivity contribution in [3.05, 3.63) is 16.5 Å². The third-order valence-corrected chi connectivity index (χ3v) is 2.62. The molecule has 1 heterocycles. The first-order chi connectivity index (χ1) is 7.56. The molecule has 0 saturated heterocycles. The molecular weight excluding hydrogens is 268 g/mol.